The van der Waals surface area contributed by atoms with Gasteiger partial charge in [-0.1, -0.05) is 24.6 Å². The van der Waals surface area contributed by atoms with Crippen molar-refractivity contribution in [3.63, 3.8) is 0 Å². The topological polar surface area (TPSA) is 85.4 Å². The molecule has 106 valence electrons. The summed E-state index contributed by atoms with van der Waals surface area (Å²) in [6, 6.07) is 3.02. The zero-order valence-corrected chi connectivity index (χ0v) is 12.2. The number of rotatable bonds is 6. The molecule has 0 aliphatic carbocycles. The monoisotopic (exact) mass is 306 g/mol. The van der Waals surface area contributed by atoms with Crippen LogP contribution in [0.5, 0.6) is 0 Å². The number of halogens is 1. The zero-order chi connectivity index (χ0) is 14.5. The molecule has 0 aromatic carbocycles. The maximum Gasteiger partial charge on any atom is 0.262 e. The van der Waals surface area contributed by atoms with Crippen molar-refractivity contribution in [1.29, 1.82) is 0 Å². The molecule has 0 unspecified atom stereocenters. The fourth-order valence-corrected chi connectivity index (χ4v) is 2.66. The number of nitrogens with one attached hydrogen (secondary N) is 1. The predicted molar refractivity (Wildman–Crippen MR) is 71.1 cm³/mol. The maximum absolute atomic E-state index is 11.8. The Kier molecular flexibility index (Phi) is 5.71. The lowest BCUT2D eigenvalue weighted by Crippen LogP contribution is -2.39. The van der Waals surface area contributed by atoms with Crippen LogP contribution in [-0.4, -0.2) is 32.5 Å². The van der Waals surface area contributed by atoms with E-state index in [1.54, 1.807) is 6.92 Å². The lowest BCUT2D eigenvalue weighted by atomic mass is 10.3. The van der Waals surface area contributed by atoms with Crippen LogP contribution in [0, 0.1) is 0 Å². The van der Waals surface area contributed by atoms with Gasteiger partial charge in [0.05, 0.1) is 5.75 Å². The van der Waals surface area contributed by atoms with Crippen molar-refractivity contribution < 1.29 is 17.9 Å². The summed E-state index contributed by atoms with van der Waals surface area (Å²) < 4.78 is 30.4. The molecule has 0 radical (unpaired) electrons. The molecule has 0 aliphatic heterocycles. The molecule has 1 rings (SSSR count). The number of methoxy groups -OCH3 is 1. The standard InChI is InChI=1S/C11H15ClN2O4S/c1-3-9(18-2)11(15)14-19(16,17)7-8-4-5-10(12)13-6-8/h4-6,9H,3,7H2,1-2H3,(H,14,15)/t9-/m1/s1. The first-order valence-electron chi connectivity index (χ1n) is 5.55. The molecule has 8 heteroatoms. The number of hydrogen-bond donors (Lipinski definition) is 1. The number of hydrogen-bond acceptors (Lipinski definition) is 5. The molecule has 1 aromatic heterocycles. The number of amides is 1. The third kappa shape index (κ3) is 5.14. The minimum Gasteiger partial charge on any atom is -0.372 e. The van der Waals surface area contributed by atoms with Crippen molar-refractivity contribution in [1.82, 2.24) is 9.71 Å². The smallest absolute Gasteiger partial charge is 0.262 e. The molecule has 0 saturated carbocycles. The van der Waals surface area contributed by atoms with Gasteiger partial charge in [-0.05, 0) is 18.1 Å². The van der Waals surface area contributed by atoms with Crippen molar-refractivity contribution in [3.8, 4) is 0 Å². The van der Waals surface area contributed by atoms with Crippen molar-refractivity contribution in [3.05, 3.63) is 29.0 Å². The number of carbonyl (C=O) groups is 1. The molecule has 1 atom stereocenters. The van der Waals surface area contributed by atoms with Gasteiger partial charge in [0.1, 0.15) is 11.3 Å². The summed E-state index contributed by atoms with van der Waals surface area (Å²) in [5.41, 5.74) is 0.440. The number of sulfonamides is 1. The minimum absolute atomic E-state index is 0.274. The highest BCUT2D eigenvalue weighted by atomic mass is 35.5. The van der Waals surface area contributed by atoms with Crippen LogP contribution < -0.4 is 4.72 Å². The van der Waals surface area contributed by atoms with Crippen molar-refractivity contribution in [2.45, 2.75) is 25.2 Å². The predicted octanol–water partition coefficient (Wildman–Crippen LogP) is 1.11. The summed E-state index contributed by atoms with van der Waals surface area (Å²) >= 11 is 5.60. The Morgan fingerprint density at radius 2 is 2.21 bits per heavy atom. The van der Waals surface area contributed by atoms with Gasteiger partial charge in [0, 0.05) is 13.3 Å². The van der Waals surface area contributed by atoms with Gasteiger partial charge in [-0.3, -0.25) is 9.52 Å². The van der Waals surface area contributed by atoms with Crippen LogP contribution in [0.15, 0.2) is 18.3 Å². The van der Waals surface area contributed by atoms with E-state index in [0.29, 0.717) is 12.0 Å². The highest BCUT2D eigenvalue weighted by molar-refractivity contribution is 7.89. The first-order valence-corrected chi connectivity index (χ1v) is 7.58. The van der Waals surface area contributed by atoms with Gasteiger partial charge in [0.15, 0.2) is 0 Å². The molecule has 0 fully saturated rings. The Morgan fingerprint density at radius 1 is 1.53 bits per heavy atom. The van der Waals surface area contributed by atoms with E-state index >= 15 is 0 Å². The van der Waals surface area contributed by atoms with Crippen molar-refractivity contribution in [2.75, 3.05) is 7.11 Å². The second-order valence-corrected chi connectivity index (χ2v) is 5.96. The van der Waals surface area contributed by atoms with Crippen LogP contribution in [0.2, 0.25) is 5.15 Å². The van der Waals surface area contributed by atoms with E-state index in [1.807, 2.05) is 4.72 Å². The number of carbonyl (C=O) groups excluding carboxylic acids is 1. The Morgan fingerprint density at radius 3 is 2.68 bits per heavy atom. The van der Waals surface area contributed by atoms with E-state index in [9.17, 15) is 13.2 Å². The molecule has 6 nitrogen and oxygen atoms in total. The second-order valence-electron chi connectivity index (χ2n) is 3.85. The van der Waals surface area contributed by atoms with Gasteiger partial charge in [0.25, 0.3) is 5.91 Å². The maximum atomic E-state index is 11.8. The van der Waals surface area contributed by atoms with Crippen LogP contribution in [0.3, 0.4) is 0 Å². The molecule has 1 N–H and O–H groups in total. The Bertz CT molecular complexity index is 526. The Balaban J connectivity index is 2.71. The van der Waals surface area contributed by atoms with E-state index in [1.165, 1.54) is 25.4 Å². The Hall–Kier alpha value is -1.18. The zero-order valence-electron chi connectivity index (χ0n) is 10.6. The van der Waals surface area contributed by atoms with Gasteiger partial charge in [-0.2, -0.15) is 0 Å². The molecular formula is C11H15ClN2O4S. The van der Waals surface area contributed by atoms with E-state index in [0.717, 1.165) is 0 Å². The van der Waals surface area contributed by atoms with E-state index < -0.39 is 22.0 Å². The Labute approximate surface area is 117 Å². The van der Waals surface area contributed by atoms with Gasteiger partial charge in [0.2, 0.25) is 10.0 Å². The summed E-state index contributed by atoms with van der Waals surface area (Å²) in [5.74, 6) is -1.02. The molecule has 19 heavy (non-hydrogen) atoms. The molecule has 0 saturated heterocycles. The van der Waals surface area contributed by atoms with Crippen molar-refractivity contribution >= 4 is 27.5 Å². The average molecular weight is 307 g/mol. The van der Waals surface area contributed by atoms with Gasteiger partial charge in [-0.15, -0.1) is 0 Å². The average Bonchev–Trinajstić information content (AvgIpc) is 2.32. The highest BCUT2D eigenvalue weighted by Crippen LogP contribution is 2.08. The van der Waals surface area contributed by atoms with Crippen LogP contribution in [0.4, 0.5) is 0 Å². The lowest BCUT2D eigenvalue weighted by molar-refractivity contribution is -0.129. The summed E-state index contributed by atoms with van der Waals surface area (Å²) in [6.45, 7) is 1.73. The number of pyridine rings is 1. The first-order chi connectivity index (χ1) is 8.88. The fourth-order valence-electron chi connectivity index (χ4n) is 1.43. The third-order valence-electron chi connectivity index (χ3n) is 2.35. The molecule has 1 heterocycles. The van der Waals surface area contributed by atoms with Crippen molar-refractivity contribution in [2.24, 2.45) is 0 Å². The SMILES string of the molecule is CC[C@@H](OC)C(=O)NS(=O)(=O)Cc1ccc(Cl)nc1. The number of aromatic nitrogens is 1. The summed E-state index contributed by atoms with van der Waals surface area (Å²) in [4.78, 5) is 15.4. The van der Waals surface area contributed by atoms with E-state index in [-0.39, 0.29) is 10.9 Å². The fraction of sp³-hybridized carbons (Fsp3) is 0.455. The molecule has 0 bridgehead atoms. The summed E-state index contributed by atoms with van der Waals surface area (Å²) in [7, 11) is -2.42. The van der Waals surface area contributed by atoms with Gasteiger partial charge in [-0.25, -0.2) is 13.4 Å². The largest absolute Gasteiger partial charge is 0.372 e. The highest BCUT2D eigenvalue weighted by Gasteiger charge is 2.22. The van der Waals surface area contributed by atoms with Crippen LogP contribution in [-0.2, 0) is 25.3 Å². The van der Waals surface area contributed by atoms with E-state index in [4.69, 9.17) is 16.3 Å². The molecule has 1 aromatic rings. The number of ether oxygens (including phenoxy) is 1. The second kappa shape index (κ2) is 6.83. The summed E-state index contributed by atoms with van der Waals surface area (Å²) in [6.07, 6.45) is 0.957. The molecule has 0 aliphatic rings. The first kappa shape index (κ1) is 15.9. The van der Waals surface area contributed by atoms with Crippen LogP contribution >= 0.6 is 11.6 Å². The molecule has 1 amide bonds. The summed E-state index contributed by atoms with van der Waals surface area (Å²) in [5, 5.41) is 0.274. The third-order valence-corrected chi connectivity index (χ3v) is 3.80. The molecular weight excluding hydrogens is 292 g/mol. The van der Waals surface area contributed by atoms with Gasteiger partial charge < -0.3 is 4.74 Å². The minimum atomic E-state index is -3.77. The van der Waals surface area contributed by atoms with Gasteiger partial charge >= 0.3 is 0 Å². The van der Waals surface area contributed by atoms with Crippen LogP contribution in [0.25, 0.3) is 0 Å². The molecule has 0 spiro atoms. The van der Waals surface area contributed by atoms with E-state index in [2.05, 4.69) is 4.98 Å². The normalized spacial score (nSPS) is 13.0. The number of nitrogens with zero attached hydrogens (tertiary/aromatic N) is 1. The lowest BCUT2D eigenvalue weighted by Gasteiger charge is -2.13. The quantitative estimate of drug-likeness (QED) is 0.796. The van der Waals surface area contributed by atoms with Crippen LogP contribution in [0.1, 0.15) is 18.9 Å².